The molecule has 5 nitrogen and oxygen atoms in total. The zero-order chi connectivity index (χ0) is 15.2. The van der Waals surface area contributed by atoms with E-state index in [0.717, 1.165) is 29.8 Å². The van der Waals surface area contributed by atoms with E-state index in [9.17, 15) is 10.1 Å². The van der Waals surface area contributed by atoms with Gasteiger partial charge in [0.1, 0.15) is 0 Å². The molecule has 1 atom stereocenters. The number of hydrogen-bond acceptors (Lipinski definition) is 4. The molecule has 0 aliphatic heterocycles. The lowest BCUT2D eigenvalue weighted by Gasteiger charge is -2.20. The third-order valence-corrected chi connectivity index (χ3v) is 3.40. The maximum atomic E-state index is 10.9. The Kier molecular flexibility index (Phi) is 4.87. The van der Waals surface area contributed by atoms with E-state index in [2.05, 4.69) is 17.2 Å². The van der Waals surface area contributed by atoms with Crippen molar-refractivity contribution in [2.75, 3.05) is 5.32 Å². The summed E-state index contributed by atoms with van der Waals surface area (Å²) in [6.07, 6.45) is 3.64. The Hall–Kier alpha value is -2.43. The van der Waals surface area contributed by atoms with E-state index >= 15 is 0 Å². The number of hydrogen-bond donors (Lipinski definition) is 1. The molecule has 0 fully saturated rings. The van der Waals surface area contributed by atoms with Crippen LogP contribution in [0.1, 0.15) is 37.1 Å². The molecule has 1 heterocycles. The molecule has 5 heteroatoms. The second-order valence-corrected chi connectivity index (χ2v) is 4.97. The summed E-state index contributed by atoms with van der Waals surface area (Å²) in [7, 11) is 0. The second-order valence-electron chi connectivity index (χ2n) is 4.97. The van der Waals surface area contributed by atoms with E-state index in [0.29, 0.717) is 0 Å². The maximum Gasteiger partial charge on any atom is 0.269 e. The largest absolute Gasteiger partial charge is 0.377 e. The Morgan fingerprint density at radius 2 is 2.14 bits per heavy atom. The highest BCUT2D eigenvalue weighted by molar-refractivity contribution is 5.49. The topological polar surface area (TPSA) is 68.1 Å². The van der Waals surface area contributed by atoms with Crippen molar-refractivity contribution in [1.29, 1.82) is 0 Å². The molecule has 1 N–H and O–H groups in total. The van der Waals surface area contributed by atoms with Crippen molar-refractivity contribution in [2.45, 2.75) is 32.7 Å². The average Bonchev–Trinajstić information content (AvgIpc) is 2.49. The molecule has 0 aliphatic carbocycles. The molecule has 0 radical (unpaired) electrons. The van der Waals surface area contributed by atoms with Crippen LogP contribution in [-0.4, -0.2) is 9.91 Å². The highest BCUT2D eigenvalue weighted by Gasteiger charge is 2.15. The van der Waals surface area contributed by atoms with Gasteiger partial charge in [0.25, 0.3) is 5.69 Å². The molecule has 1 unspecified atom stereocenters. The summed E-state index contributed by atoms with van der Waals surface area (Å²) < 4.78 is 0. The van der Waals surface area contributed by atoms with Crippen molar-refractivity contribution in [1.82, 2.24) is 4.98 Å². The Morgan fingerprint density at radius 1 is 1.33 bits per heavy atom. The lowest BCUT2D eigenvalue weighted by atomic mass is 10.0. The minimum Gasteiger partial charge on any atom is -0.377 e. The zero-order valence-electron chi connectivity index (χ0n) is 12.2. The Labute approximate surface area is 124 Å². The summed E-state index contributed by atoms with van der Waals surface area (Å²) in [5.74, 6) is 0. The molecule has 0 saturated carbocycles. The molecular weight excluding hydrogens is 266 g/mol. The molecule has 2 rings (SSSR count). The van der Waals surface area contributed by atoms with E-state index in [1.54, 1.807) is 18.3 Å². The number of nitrogens with zero attached hydrogens (tertiary/aromatic N) is 2. The van der Waals surface area contributed by atoms with Crippen LogP contribution in [0.25, 0.3) is 0 Å². The molecule has 2 aromatic rings. The summed E-state index contributed by atoms with van der Waals surface area (Å²) in [4.78, 5) is 14.8. The van der Waals surface area contributed by atoms with Crippen LogP contribution in [0.15, 0.2) is 42.6 Å². The van der Waals surface area contributed by atoms with Gasteiger partial charge in [0.2, 0.25) is 0 Å². The third-order valence-electron chi connectivity index (χ3n) is 3.40. The number of aryl methyl sites for hydroxylation is 1. The first kappa shape index (κ1) is 15.0. The number of nitrogens with one attached hydrogen (secondary N) is 1. The number of pyridine rings is 1. The van der Waals surface area contributed by atoms with Crippen LogP contribution in [0, 0.1) is 17.0 Å². The fourth-order valence-corrected chi connectivity index (χ4v) is 2.29. The third kappa shape index (κ3) is 3.78. The van der Waals surface area contributed by atoms with E-state index in [4.69, 9.17) is 0 Å². The predicted octanol–water partition coefficient (Wildman–Crippen LogP) is 4.25. The fourth-order valence-electron chi connectivity index (χ4n) is 2.29. The van der Waals surface area contributed by atoms with E-state index in [1.807, 2.05) is 25.1 Å². The molecule has 0 saturated heterocycles. The number of anilines is 1. The van der Waals surface area contributed by atoms with Crippen molar-refractivity contribution >= 4 is 11.4 Å². The molecule has 0 spiro atoms. The summed E-state index contributed by atoms with van der Waals surface area (Å²) in [5.41, 5.74) is 2.93. The van der Waals surface area contributed by atoms with Gasteiger partial charge in [-0.2, -0.15) is 0 Å². The van der Waals surface area contributed by atoms with Crippen LogP contribution < -0.4 is 5.32 Å². The van der Waals surface area contributed by atoms with Crippen molar-refractivity contribution in [3.05, 3.63) is 64.0 Å². The molecule has 0 amide bonds. The summed E-state index contributed by atoms with van der Waals surface area (Å²) in [6, 6.07) is 10.7. The Morgan fingerprint density at radius 3 is 2.81 bits per heavy atom. The van der Waals surface area contributed by atoms with E-state index < -0.39 is 0 Å². The molecule has 1 aromatic carbocycles. The van der Waals surface area contributed by atoms with Gasteiger partial charge in [-0.05, 0) is 31.0 Å². The van der Waals surface area contributed by atoms with Gasteiger partial charge in [0.05, 0.1) is 22.3 Å². The van der Waals surface area contributed by atoms with Crippen LogP contribution in [-0.2, 0) is 0 Å². The smallest absolute Gasteiger partial charge is 0.269 e. The van der Waals surface area contributed by atoms with Gasteiger partial charge in [-0.25, -0.2) is 0 Å². The summed E-state index contributed by atoms with van der Waals surface area (Å²) in [6.45, 7) is 4.04. The molecule has 0 bridgehead atoms. The monoisotopic (exact) mass is 285 g/mol. The van der Waals surface area contributed by atoms with Gasteiger partial charge in [0.15, 0.2) is 0 Å². The van der Waals surface area contributed by atoms with Gasteiger partial charge in [-0.1, -0.05) is 25.5 Å². The maximum absolute atomic E-state index is 10.9. The van der Waals surface area contributed by atoms with E-state index in [-0.39, 0.29) is 16.7 Å². The van der Waals surface area contributed by atoms with Gasteiger partial charge in [0, 0.05) is 18.3 Å². The molecule has 21 heavy (non-hydrogen) atoms. The van der Waals surface area contributed by atoms with Crippen molar-refractivity contribution in [3.63, 3.8) is 0 Å². The summed E-state index contributed by atoms with van der Waals surface area (Å²) >= 11 is 0. The second kappa shape index (κ2) is 6.83. The molecule has 1 aromatic heterocycles. The first-order valence-corrected chi connectivity index (χ1v) is 7.04. The summed E-state index contributed by atoms with van der Waals surface area (Å²) in [5, 5.41) is 14.4. The van der Waals surface area contributed by atoms with Crippen LogP contribution in [0.5, 0.6) is 0 Å². The molecule has 110 valence electrons. The van der Waals surface area contributed by atoms with Crippen LogP contribution in [0.4, 0.5) is 11.4 Å². The van der Waals surface area contributed by atoms with Crippen LogP contribution >= 0.6 is 0 Å². The van der Waals surface area contributed by atoms with Crippen molar-refractivity contribution in [3.8, 4) is 0 Å². The number of aromatic nitrogens is 1. The standard InChI is InChI=1S/C16H19N3O2/c1-3-6-16(18-15-9-5-10-17-12(15)2)13-7-4-8-14(11-13)19(20)21/h4-5,7-11,16,18H,3,6H2,1-2H3. The SMILES string of the molecule is CCCC(Nc1cccnc1C)c1cccc([N+](=O)[O-])c1. The van der Waals surface area contributed by atoms with Crippen LogP contribution in [0.2, 0.25) is 0 Å². The Bertz CT molecular complexity index is 628. The predicted molar refractivity (Wildman–Crippen MR) is 83.3 cm³/mol. The van der Waals surface area contributed by atoms with Gasteiger partial charge >= 0.3 is 0 Å². The average molecular weight is 285 g/mol. The highest BCUT2D eigenvalue weighted by atomic mass is 16.6. The number of nitro benzene ring substituents is 1. The number of nitro groups is 1. The van der Waals surface area contributed by atoms with Crippen LogP contribution in [0.3, 0.4) is 0 Å². The quantitative estimate of drug-likeness (QED) is 0.636. The first-order valence-electron chi connectivity index (χ1n) is 7.04. The van der Waals surface area contributed by atoms with Gasteiger partial charge < -0.3 is 5.32 Å². The zero-order valence-corrected chi connectivity index (χ0v) is 12.2. The fraction of sp³-hybridized carbons (Fsp3) is 0.312. The van der Waals surface area contributed by atoms with E-state index in [1.165, 1.54) is 6.07 Å². The Balaban J connectivity index is 2.28. The number of rotatable bonds is 6. The minimum absolute atomic E-state index is 0.0396. The van der Waals surface area contributed by atoms with Gasteiger partial charge in [-0.15, -0.1) is 0 Å². The lowest BCUT2D eigenvalue weighted by Crippen LogP contribution is -2.12. The first-order chi connectivity index (χ1) is 10.1. The van der Waals surface area contributed by atoms with Crippen molar-refractivity contribution in [2.24, 2.45) is 0 Å². The number of benzene rings is 1. The molecular formula is C16H19N3O2. The molecule has 0 aliphatic rings. The highest BCUT2D eigenvalue weighted by Crippen LogP contribution is 2.27. The van der Waals surface area contributed by atoms with Gasteiger partial charge in [-0.3, -0.25) is 15.1 Å². The minimum atomic E-state index is -0.359. The number of non-ortho nitro benzene ring substituents is 1. The normalized spacial score (nSPS) is 11.9. The lowest BCUT2D eigenvalue weighted by molar-refractivity contribution is -0.384. The van der Waals surface area contributed by atoms with Crippen molar-refractivity contribution < 1.29 is 4.92 Å².